The van der Waals surface area contributed by atoms with Crippen molar-refractivity contribution in [2.75, 3.05) is 33.8 Å². The maximum absolute atomic E-state index is 13.5. The molecule has 1 amide bonds. The van der Waals surface area contributed by atoms with E-state index < -0.39 is 23.5 Å². The minimum atomic E-state index is -0.733. The quantitative estimate of drug-likeness (QED) is 0.327. The average molecular weight is 467 g/mol. The van der Waals surface area contributed by atoms with Gasteiger partial charge in [-0.2, -0.15) is 0 Å². The smallest absolute Gasteiger partial charge is 0.295 e. The van der Waals surface area contributed by atoms with Crippen LogP contribution in [0.2, 0.25) is 0 Å². The number of quaternary nitrogens is 1. The molecule has 0 radical (unpaired) electrons. The topological polar surface area (TPSA) is 83.3 Å². The first-order valence-corrected chi connectivity index (χ1v) is 11.8. The van der Waals surface area contributed by atoms with E-state index in [1.54, 1.807) is 24.3 Å². The van der Waals surface area contributed by atoms with E-state index in [1.165, 1.54) is 9.80 Å². The maximum atomic E-state index is 13.5. The van der Waals surface area contributed by atoms with Crippen LogP contribution in [0, 0.1) is 0 Å². The second-order valence-corrected chi connectivity index (χ2v) is 8.98. The first-order chi connectivity index (χ1) is 16.2. The van der Waals surface area contributed by atoms with Crippen molar-refractivity contribution in [1.82, 2.24) is 4.90 Å². The molecule has 0 bridgehead atoms. The zero-order valence-corrected chi connectivity index (χ0v) is 20.6. The van der Waals surface area contributed by atoms with E-state index in [2.05, 4.69) is 0 Å². The predicted octanol–water partition coefficient (Wildman–Crippen LogP) is 1.63. The molecule has 7 nitrogen and oxygen atoms in total. The van der Waals surface area contributed by atoms with Crippen LogP contribution >= 0.6 is 0 Å². The number of likely N-dealkylation sites (tertiary alicyclic amines) is 1. The van der Waals surface area contributed by atoms with E-state index in [1.807, 2.05) is 59.1 Å². The highest BCUT2D eigenvalue weighted by molar-refractivity contribution is 6.46. The van der Waals surface area contributed by atoms with Gasteiger partial charge < -0.3 is 24.4 Å². The summed E-state index contributed by atoms with van der Waals surface area (Å²) in [4.78, 5) is 28.9. The van der Waals surface area contributed by atoms with E-state index in [4.69, 9.17) is 9.47 Å². The number of rotatable bonds is 10. The summed E-state index contributed by atoms with van der Waals surface area (Å²) in [5, 5.41) is 13.5. The second-order valence-electron chi connectivity index (χ2n) is 8.98. The number of ketones is 1. The van der Waals surface area contributed by atoms with Crippen LogP contribution in [0.15, 0.2) is 54.1 Å². The lowest BCUT2D eigenvalue weighted by Crippen LogP contribution is -3.05. The minimum absolute atomic E-state index is 0.0103. The van der Waals surface area contributed by atoms with Gasteiger partial charge in [0.25, 0.3) is 5.91 Å². The molecule has 1 heterocycles. The van der Waals surface area contributed by atoms with Crippen LogP contribution in [0.4, 0.5) is 0 Å². The zero-order chi connectivity index (χ0) is 24.8. The lowest BCUT2D eigenvalue weighted by atomic mass is 9.95. The summed E-state index contributed by atoms with van der Waals surface area (Å²) in [6, 6.07) is 13.2. The van der Waals surface area contributed by atoms with Gasteiger partial charge in [0, 0.05) is 18.5 Å². The molecule has 7 heteroatoms. The molecule has 1 atom stereocenters. The number of hydrogen-bond acceptors (Lipinski definition) is 5. The van der Waals surface area contributed by atoms with Gasteiger partial charge in [0.2, 0.25) is 5.78 Å². The van der Waals surface area contributed by atoms with Crippen LogP contribution < -0.4 is 19.5 Å². The number of nitrogens with zero attached hydrogens (tertiary/aromatic N) is 1. The number of hydrogen-bond donors (Lipinski definition) is 1. The normalized spacial score (nSPS) is 17.6. The molecule has 0 spiro atoms. The summed E-state index contributed by atoms with van der Waals surface area (Å²) in [7, 11) is 4.07. The van der Waals surface area contributed by atoms with Crippen LogP contribution in [0.25, 0.3) is 5.76 Å². The largest absolute Gasteiger partial charge is 0.872 e. The molecule has 1 fully saturated rings. The lowest BCUT2D eigenvalue weighted by Gasteiger charge is -2.28. The Labute approximate surface area is 201 Å². The van der Waals surface area contributed by atoms with E-state index in [0.29, 0.717) is 35.8 Å². The number of ether oxygens (including phenoxy) is 2. The number of amides is 1. The van der Waals surface area contributed by atoms with Crippen molar-refractivity contribution in [3.8, 4) is 11.5 Å². The molecule has 182 valence electrons. The third-order valence-electron chi connectivity index (χ3n) is 5.60. The first-order valence-electron chi connectivity index (χ1n) is 11.8. The van der Waals surface area contributed by atoms with E-state index in [-0.39, 0.29) is 11.7 Å². The summed E-state index contributed by atoms with van der Waals surface area (Å²) in [6.45, 7) is 7.51. The van der Waals surface area contributed by atoms with Gasteiger partial charge >= 0.3 is 0 Å². The highest BCUT2D eigenvalue weighted by Crippen LogP contribution is 2.39. The van der Waals surface area contributed by atoms with Crippen LogP contribution in [-0.2, 0) is 9.59 Å². The van der Waals surface area contributed by atoms with Crippen molar-refractivity contribution < 1.29 is 29.1 Å². The van der Waals surface area contributed by atoms with E-state index in [9.17, 15) is 14.7 Å². The molecule has 1 N–H and O–H groups in total. The summed E-state index contributed by atoms with van der Waals surface area (Å²) < 4.78 is 11.2. The molecule has 34 heavy (non-hydrogen) atoms. The highest BCUT2D eigenvalue weighted by atomic mass is 16.5. The fourth-order valence-electron chi connectivity index (χ4n) is 4.08. The molecule has 0 aromatic heterocycles. The van der Waals surface area contributed by atoms with Crippen LogP contribution in [0.1, 0.15) is 44.4 Å². The minimum Gasteiger partial charge on any atom is -0.872 e. The Morgan fingerprint density at radius 3 is 2.21 bits per heavy atom. The van der Waals surface area contributed by atoms with Gasteiger partial charge in [0.05, 0.1) is 39.4 Å². The summed E-state index contributed by atoms with van der Waals surface area (Å²) in [5.41, 5.74) is 1.05. The molecular formula is C27H34N2O5. The fourth-order valence-corrected chi connectivity index (χ4v) is 4.08. The molecule has 2 aromatic carbocycles. The third-order valence-corrected chi connectivity index (χ3v) is 5.60. The monoisotopic (exact) mass is 466 g/mol. The van der Waals surface area contributed by atoms with Crippen molar-refractivity contribution in [1.29, 1.82) is 0 Å². The molecular weight excluding hydrogens is 432 g/mol. The summed E-state index contributed by atoms with van der Waals surface area (Å²) in [6.07, 6.45) is 0.741. The van der Waals surface area contributed by atoms with Crippen molar-refractivity contribution in [3.63, 3.8) is 0 Å². The van der Waals surface area contributed by atoms with Crippen LogP contribution in [-0.4, -0.2) is 56.5 Å². The fraction of sp³-hybridized carbons (Fsp3) is 0.407. The van der Waals surface area contributed by atoms with E-state index in [0.717, 1.165) is 13.0 Å². The Balaban J connectivity index is 2.03. The second kappa shape index (κ2) is 11.2. The summed E-state index contributed by atoms with van der Waals surface area (Å²) in [5.74, 6) is -0.465. The first kappa shape index (κ1) is 25.3. The van der Waals surface area contributed by atoms with Crippen LogP contribution in [0.5, 0.6) is 11.5 Å². The van der Waals surface area contributed by atoms with Crippen molar-refractivity contribution in [3.05, 3.63) is 65.2 Å². The van der Waals surface area contributed by atoms with Gasteiger partial charge in [-0.25, -0.2) is 0 Å². The standard InChI is InChI=1S/C27H34N2O5/c1-6-33-21-12-10-20(11-13-21)25(30)23-24(19-8-14-22(15-9-19)34-18(2)3)29(27(32)26(23)31)17-7-16-28(4)5/h8-15,18,24,30H,6-7,16-17H2,1-5H3. The van der Waals surface area contributed by atoms with Gasteiger partial charge in [0.1, 0.15) is 11.5 Å². The van der Waals surface area contributed by atoms with Crippen LogP contribution in [0.3, 0.4) is 0 Å². The highest BCUT2D eigenvalue weighted by Gasteiger charge is 2.43. The Bertz CT molecular complexity index is 1030. The lowest BCUT2D eigenvalue weighted by molar-refractivity contribution is -0.858. The van der Waals surface area contributed by atoms with Gasteiger partial charge in [-0.15, -0.1) is 0 Å². The molecule has 0 aliphatic carbocycles. The zero-order valence-electron chi connectivity index (χ0n) is 20.6. The maximum Gasteiger partial charge on any atom is 0.295 e. The third kappa shape index (κ3) is 5.78. The molecule has 0 saturated carbocycles. The SMILES string of the molecule is CCOc1ccc(C([O-])=C2C(=O)C(=O)N(CCC[NH+](C)C)C2c2ccc(OC(C)C)cc2)cc1. The van der Waals surface area contributed by atoms with Crippen molar-refractivity contribution in [2.24, 2.45) is 0 Å². The van der Waals surface area contributed by atoms with Gasteiger partial charge in [-0.1, -0.05) is 30.0 Å². The molecule has 2 aromatic rings. The molecule has 1 saturated heterocycles. The Morgan fingerprint density at radius 2 is 1.65 bits per heavy atom. The molecule has 1 aliphatic heterocycles. The van der Waals surface area contributed by atoms with Crippen molar-refractivity contribution in [2.45, 2.75) is 39.3 Å². The average Bonchev–Trinajstić information content (AvgIpc) is 3.04. The number of benzene rings is 2. The van der Waals surface area contributed by atoms with Gasteiger partial charge in [-0.3, -0.25) is 9.59 Å². The summed E-state index contributed by atoms with van der Waals surface area (Å²) >= 11 is 0. The molecule has 1 unspecified atom stereocenters. The van der Waals surface area contributed by atoms with Gasteiger partial charge in [-0.05, 0) is 56.2 Å². The Morgan fingerprint density at radius 1 is 1.03 bits per heavy atom. The van der Waals surface area contributed by atoms with Crippen molar-refractivity contribution >= 4 is 17.4 Å². The number of carbonyl (C=O) groups excluding carboxylic acids is 2. The number of Topliss-reactive ketones (excluding diaryl/α,β-unsaturated/α-hetero) is 1. The number of carbonyl (C=O) groups is 2. The molecule has 1 aliphatic rings. The van der Waals surface area contributed by atoms with E-state index >= 15 is 0 Å². The predicted molar refractivity (Wildman–Crippen MR) is 128 cm³/mol. The molecule has 3 rings (SSSR count). The van der Waals surface area contributed by atoms with Gasteiger partial charge in [0.15, 0.2) is 0 Å². The Kier molecular flexibility index (Phi) is 8.34. The number of nitrogens with one attached hydrogen (secondary N) is 1. The Hall–Kier alpha value is -3.32.